The summed E-state index contributed by atoms with van der Waals surface area (Å²) >= 11 is 0. The smallest absolute Gasteiger partial charge is 0.278 e. The van der Waals surface area contributed by atoms with E-state index in [0.717, 1.165) is 5.56 Å². The van der Waals surface area contributed by atoms with Crippen LogP contribution in [0.2, 0.25) is 0 Å². The van der Waals surface area contributed by atoms with Crippen LogP contribution < -0.4 is 5.32 Å². The van der Waals surface area contributed by atoms with Crippen LogP contribution in [0.5, 0.6) is 0 Å². The van der Waals surface area contributed by atoms with E-state index in [1.807, 2.05) is 26.8 Å². The van der Waals surface area contributed by atoms with Crippen molar-refractivity contribution in [2.75, 3.05) is 45.3 Å². The number of benzene rings is 1. The maximum Gasteiger partial charge on any atom is 0.278 e. The molecular formula is C33H42F4N6O2. The second-order valence-electron chi connectivity index (χ2n) is 12.5. The minimum Gasteiger partial charge on any atom is -0.373 e. The fourth-order valence-corrected chi connectivity index (χ4v) is 6.86. The largest absolute Gasteiger partial charge is 0.373 e. The molecule has 0 radical (unpaired) electrons. The minimum absolute atomic E-state index is 0.108. The van der Waals surface area contributed by atoms with E-state index in [1.165, 1.54) is 29.4 Å². The fourth-order valence-electron chi connectivity index (χ4n) is 6.86. The highest BCUT2D eigenvalue weighted by molar-refractivity contribution is 5.87. The summed E-state index contributed by atoms with van der Waals surface area (Å²) in [7, 11) is 1.60. The Kier molecular flexibility index (Phi) is 9.65. The molecule has 1 N–H and O–H groups in total. The molecule has 45 heavy (non-hydrogen) atoms. The number of piperidine rings is 2. The van der Waals surface area contributed by atoms with E-state index in [4.69, 9.17) is 9.72 Å². The second kappa shape index (κ2) is 13.2. The van der Waals surface area contributed by atoms with Gasteiger partial charge in [-0.1, -0.05) is 18.2 Å². The number of rotatable bonds is 9. The first kappa shape index (κ1) is 33.0. The van der Waals surface area contributed by atoms with Gasteiger partial charge in [-0.05, 0) is 72.5 Å². The molecule has 2 fully saturated rings. The molecule has 0 unspecified atom stereocenters. The van der Waals surface area contributed by atoms with E-state index in [9.17, 15) is 9.18 Å². The van der Waals surface area contributed by atoms with Crippen molar-refractivity contribution in [2.45, 2.75) is 77.0 Å². The maximum absolute atomic E-state index is 15.9. The Bertz CT molecular complexity index is 1520. The van der Waals surface area contributed by atoms with Gasteiger partial charge in [0.05, 0.1) is 22.6 Å². The Morgan fingerprint density at radius 1 is 1.13 bits per heavy atom. The van der Waals surface area contributed by atoms with Crippen molar-refractivity contribution in [3.05, 3.63) is 58.8 Å². The monoisotopic (exact) mass is 630 g/mol. The van der Waals surface area contributed by atoms with Gasteiger partial charge in [0.25, 0.3) is 11.8 Å². The fraction of sp³-hybridized carbons (Fsp3) is 0.576. The second-order valence-corrected chi connectivity index (χ2v) is 12.5. The standard InChI is InChI=1S/C33H42F4N6O2/c1-20(2)42-13-9-23(10-14-42)33(36,37)26-8-6-7-24(29(26)35)21(3)40-30-25-17-27(22(4)41-31(25)39-19-38-30)32(45-5)11-15-43(16-12-32)28(44)18-34/h6-8,17,19-21,23H,9-16,18H2,1-5H3,(H,38,39,40,41)/t21-/m1/s1. The number of aromatic nitrogens is 3. The van der Waals surface area contributed by atoms with E-state index in [2.05, 4.69) is 20.2 Å². The Balaban J connectivity index is 1.42. The molecule has 3 aromatic rings. The van der Waals surface area contributed by atoms with Gasteiger partial charge in [-0.25, -0.2) is 32.5 Å². The Labute approximate surface area is 261 Å². The number of halogens is 4. The number of hydrogen-bond donors (Lipinski definition) is 1. The zero-order chi connectivity index (χ0) is 32.5. The summed E-state index contributed by atoms with van der Waals surface area (Å²) in [6.07, 6.45) is 2.84. The van der Waals surface area contributed by atoms with Crippen molar-refractivity contribution in [1.82, 2.24) is 24.8 Å². The molecular weight excluding hydrogens is 588 g/mol. The molecule has 0 saturated carbocycles. The molecule has 2 aliphatic heterocycles. The van der Waals surface area contributed by atoms with Gasteiger partial charge < -0.3 is 19.9 Å². The molecule has 244 valence electrons. The number of methoxy groups -OCH3 is 1. The first-order valence-corrected chi connectivity index (χ1v) is 15.6. The topological polar surface area (TPSA) is 83.5 Å². The first-order valence-electron chi connectivity index (χ1n) is 15.6. The number of anilines is 1. The predicted octanol–water partition coefficient (Wildman–Crippen LogP) is 6.29. The lowest BCUT2D eigenvalue weighted by molar-refractivity contribution is -0.138. The van der Waals surface area contributed by atoms with Gasteiger partial charge in [0.2, 0.25) is 0 Å². The van der Waals surface area contributed by atoms with Crippen molar-refractivity contribution in [3.8, 4) is 0 Å². The first-order chi connectivity index (χ1) is 21.4. The predicted molar refractivity (Wildman–Crippen MR) is 164 cm³/mol. The quantitative estimate of drug-likeness (QED) is 0.278. The lowest BCUT2D eigenvalue weighted by atomic mass is 9.82. The van der Waals surface area contributed by atoms with Gasteiger partial charge in [-0.2, -0.15) is 0 Å². The van der Waals surface area contributed by atoms with Crippen LogP contribution in [0.3, 0.4) is 0 Å². The number of carbonyl (C=O) groups excluding carboxylic acids is 1. The van der Waals surface area contributed by atoms with Gasteiger partial charge in [0.15, 0.2) is 12.3 Å². The number of pyridine rings is 1. The van der Waals surface area contributed by atoms with Crippen LogP contribution in [0, 0.1) is 18.7 Å². The zero-order valence-corrected chi connectivity index (χ0v) is 26.5. The molecule has 0 aliphatic carbocycles. The van der Waals surface area contributed by atoms with E-state index in [1.54, 1.807) is 14.0 Å². The summed E-state index contributed by atoms with van der Waals surface area (Å²) in [4.78, 5) is 29.0. The number of nitrogens with zero attached hydrogens (tertiary/aromatic N) is 5. The molecule has 1 aromatic carbocycles. The van der Waals surface area contributed by atoms with E-state index >= 15 is 13.2 Å². The average Bonchev–Trinajstić information content (AvgIpc) is 3.04. The zero-order valence-electron chi connectivity index (χ0n) is 26.5. The SMILES string of the molecule is COC1(c2cc3c(N[C@H](C)c4cccc(C(F)(F)C5CCN(C(C)C)CC5)c4F)ncnc3nc2C)CCN(C(=O)CF)CC1. The molecule has 1 atom stereocenters. The summed E-state index contributed by atoms with van der Waals surface area (Å²) in [5.41, 5.74) is 0.638. The highest BCUT2D eigenvalue weighted by atomic mass is 19.3. The highest BCUT2D eigenvalue weighted by Gasteiger charge is 2.45. The number of nitrogens with one attached hydrogen (secondary N) is 1. The summed E-state index contributed by atoms with van der Waals surface area (Å²) in [5, 5.41) is 3.77. The Morgan fingerprint density at radius 3 is 2.44 bits per heavy atom. The van der Waals surface area contributed by atoms with Crippen LogP contribution in [0.15, 0.2) is 30.6 Å². The summed E-state index contributed by atoms with van der Waals surface area (Å²) < 4.78 is 66.5. The molecule has 8 nitrogen and oxygen atoms in total. The number of hydrogen-bond acceptors (Lipinski definition) is 7. The summed E-state index contributed by atoms with van der Waals surface area (Å²) in [6.45, 7) is 8.39. The van der Waals surface area contributed by atoms with Crippen molar-refractivity contribution < 1.29 is 27.1 Å². The van der Waals surface area contributed by atoms with E-state index in [-0.39, 0.29) is 11.6 Å². The number of carbonyl (C=O) groups is 1. The average molecular weight is 631 g/mol. The molecule has 12 heteroatoms. The third-order valence-electron chi connectivity index (χ3n) is 9.71. The Hall–Kier alpha value is -3.38. The van der Waals surface area contributed by atoms with E-state index < -0.39 is 47.4 Å². The number of alkyl halides is 3. The van der Waals surface area contributed by atoms with Gasteiger partial charge in [0.1, 0.15) is 18.0 Å². The number of aryl methyl sites for hydroxylation is 1. The van der Waals surface area contributed by atoms with Crippen molar-refractivity contribution in [3.63, 3.8) is 0 Å². The summed E-state index contributed by atoms with van der Waals surface area (Å²) in [5.74, 6) is -5.34. The van der Waals surface area contributed by atoms with Crippen LogP contribution >= 0.6 is 0 Å². The normalized spacial score (nSPS) is 18.8. The molecule has 0 bridgehead atoms. The number of amides is 1. The van der Waals surface area contributed by atoms with Crippen LogP contribution in [-0.2, 0) is 21.1 Å². The van der Waals surface area contributed by atoms with Crippen LogP contribution in [0.1, 0.15) is 74.9 Å². The molecule has 1 amide bonds. The minimum atomic E-state index is -3.31. The van der Waals surface area contributed by atoms with Gasteiger partial charge in [-0.15, -0.1) is 0 Å². The highest BCUT2D eigenvalue weighted by Crippen LogP contribution is 2.44. The Morgan fingerprint density at radius 2 is 1.82 bits per heavy atom. The third-order valence-corrected chi connectivity index (χ3v) is 9.71. The maximum atomic E-state index is 15.9. The van der Waals surface area contributed by atoms with Gasteiger partial charge in [0, 0.05) is 49.0 Å². The number of ether oxygens (including phenoxy) is 1. The van der Waals surface area contributed by atoms with Crippen molar-refractivity contribution in [2.24, 2.45) is 5.92 Å². The lowest BCUT2D eigenvalue weighted by Gasteiger charge is -2.41. The molecule has 5 rings (SSSR count). The van der Waals surface area contributed by atoms with Crippen LogP contribution in [0.4, 0.5) is 23.4 Å². The molecule has 4 heterocycles. The van der Waals surface area contributed by atoms with Crippen LogP contribution in [0.25, 0.3) is 11.0 Å². The lowest BCUT2D eigenvalue weighted by Crippen LogP contribution is -2.47. The number of likely N-dealkylation sites (tertiary alicyclic amines) is 2. The van der Waals surface area contributed by atoms with E-state index in [0.29, 0.717) is 74.4 Å². The van der Waals surface area contributed by atoms with Gasteiger partial charge >= 0.3 is 0 Å². The molecule has 2 aromatic heterocycles. The molecule has 2 aliphatic rings. The molecule has 2 saturated heterocycles. The third kappa shape index (κ3) is 6.36. The van der Waals surface area contributed by atoms with Crippen molar-refractivity contribution >= 4 is 22.8 Å². The van der Waals surface area contributed by atoms with Crippen LogP contribution in [-0.4, -0.2) is 76.7 Å². The van der Waals surface area contributed by atoms with Crippen molar-refractivity contribution in [1.29, 1.82) is 0 Å². The summed E-state index contributed by atoms with van der Waals surface area (Å²) in [6, 6.07) is 5.64. The molecule has 0 spiro atoms. The van der Waals surface area contributed by atoms with Gasteiger partial charge in [-0.3, -0.25) is 4.79 Å². The number of fused-ring (bicyclic) bond motifs is 1.